The van der Waals surface area contributed by atoms with Gasteiger partial charge in [0.25, 0.3) is 0 Å². The van der Waals surface area contributed by atoms with E-state index < -0.39 is 0 Å². The molecule has 0 nitrogen and oxygen atoms in total. The molecule has 44 valence electrons. The maximum Gasteiger partial charge on any atom is 0.0343 e. The van der Waals surface area contributed by atoms with E-state index in [0.29, 0.717) is 9.52 Å². The SMILES string of the molecule is CCC(C)[SiH2]CI. The van der Waals surface area contributed by atoms with Gasteiger partial charge in [0.2, 0.25) is 0 Å². The average molecular weight is 228 g/mol. The lowest BCUT2D eigenvalue weighted by Crippen LogP contribution is -1.98. The lowest BCUT2D eigenvalue weighted by atomic mass is 10.4. The zero-order valence-corrected chi connectivity index (χ0v) is 8.65. The molecule has 0 aromatic heterocycles. The highest BCUT2D eigenvalue weighted by Gasteiger charge is 1.94. The smallest absolute Gasteiger partial charge is 0.0343 e. The van der Waals surface area contributed by atoms with E-state index in [4.69, 9.17) is 0 Å². The molecule has 0 saturated heterocycles. The molecule has 0 amide bonds. The molecular weight excluding hydrogens is 215 g/mol. The summed E-state index contributed by atoms with van der Waals surface area (Å²) < 4.78 is 1.45. The van der Waals surface area contributed by atoms with Gasteiger partial charge in [0, 0.05) is 9.52 Å². The van der Waals surface area contributed by atoms with Crippen LogP contribution in [0.1, 0.15) is 20.3 Å². The van der Waals surface area contributed by atoms with Crippen LogP contribution < -0.4 is 0 Å². The Labute approximate surface area is 62.0 Å². The third kappa shape index (κ3) is 4.81. The van der Waals surface area contributed by atoms with E-state index in [2.05, 4.69) is 36.4 Å². The summed E-state index contributed by atoms with van der Waals surface area (Å²) in [5.41, 5.74) is 1.08. The van der Waals surface area contributed by atoms with Crippen LogP contribution in [0, 0.1) is 0 Å². The first-order chi connectivity index (χ1) is 3.31. The van der Waals surface area contributed by atoms with E-state index in [0.717, 1.165) is 5.54 Å². The maximum absolute atomic E-state index is 2.49. The zero-order valence-electron chi connectivity index (χ0n) is 5.08. The van der Waals surface area contributed by atoms with Crippen molar-refractivity contribution in [1.82, 2.24) is 0 Å². The number of rotatable bonds is 3. The predicted octanol–water partition coefficient (Wildman–Crippen LogP) is 1.77. The highest BCUT2D eigenvalue weighted by molar-refractivity contribution is 14.1. The molecular formula is C5H13ISi. The Morgan fingerprint density at radius 1 is 1.71 bits per heavy atom. The highest BCUT2D eigenvalue weighted by atomic mass is 127. The van der Waals surface area contributed by atoms with Crippen molar-refractivity contribution in [3.8, 4) is 0 Å². The van der Waals surface area contributed by atoms with E-state index in [9.17, 15) is 0 Å². The van der Waals surface area contributed by atoms with Gasteiger partial charge in [0.15, 0.2) is 0 Å². The third-order valence-electron chi connectivity index (χ3n) is 1.30. The molecule has 0 bridgehead atoms. The van der Waals surface area contributed by atoms with Crippen LogP contribution in [0.4, 0.5) is 0 Å². The number of halogens is 1. The van der Waals surface area contributed by atoms with Crippen LogP contribution in [0.5, 0.6) is 0 Å². The topological polar surface area (TPSA) is 0 Å². The summed E-state index contributed by atoms with van der Waals surface area (Å²) in [6, 6.07) is 0. The second-order valence-electron chi connectivity index (χ2n) is 1.99. The molecule has 0 saturated carbocycles. The lowest BCUT2D eigenvalue weighted by Gasteiger charge is -2.00. The van der Waals surface area contributed by atoms with Crippen LogP contribution in [0.3, 0.4) is 0 Å². The minimum Gasteiger partial charge on any atom is -0.0904 e. The van der Waals surface area contributed by atoms with E-state index in [1.165, 1.54) is 10.5 Å². The summed E-state index contributed by atoms with van der Waals surface area (Å²) >= 11 is 2.49. The largest absolute Gasteiger partial charge is 0.0904 e. The Morgan fingerprint density at radius 3 is 2.43 bits per heavy atom. The fourth-order valence-electron chi connectivity index (χ4n) is 0.390. The van der Waals surface area contributed by atoms with Gasteiger partial charge in [-0.05, 0) is 4.05 Å². The van der Waals surface area contributed by atoms with Crippen molar-refractivity contribution < 1.29 is 0 Å². The number of alkyl halides is 1. The summed E-state index contributed by atoms with van der Waals surface area (Å²) in [6.07, 6.45) is 1.40. The molecule has 2 heteroatoms. The molecule has 0 aromatic rings. The van der Waals surface area contributed by atoms with Crippen LogP contribution >= 0.6 is 22.6 Å². The highest BCUT2D eigenvalue weighted by Crippen LogP contribution is 2.05. The van der Waals surface area contributed by atoms with Gasteiger partial charge >= 0.3 is 0 Å². The van der Waals surface area contributed by atoms with Gasteiger partial charge in [0.1, 0.15) is 0 Å². The summed E-state index contributed by atoms with van der Waals surface area (Å²) in [5, 5.41) is 0. The van der Waals surface area contributed by atoms with Crippen molar-refractivity contribution in [1.29, 1.82) is 0 Å². The Kier molecular flexibility index (Phi) is 5.78. The molecule has 0 N–H and O–H groups in total. The van der Waals surface area contributed by atoms with Crippen molar-refractivity contribution >= 4 is 32.1 Å². The Bertz CT molecular complexity index is 39.1. The fraction of sp³-hybridized carbons (Fsp3) is 1.00. The summed E-state index contributed by atoms with van der Waals surface area (Å²) in [7, 11) is 0.333. The maximum atomic E-state index is 2.49. The van der Waals surface area contributed by atoms with Gasteiger partial charge in [0.05, 0.1) is 0 Å². The quantitative estimate of drug-likeness (QED) is 0.392. The minimum atomic E-state index is 0.333. The lowest BCUT2D eigenvalue weighted by molar-refractivity contribution is 0.871. The van der Waals surface area contributed by atoms with Gasteiger partial charge in [-0.2, -0.15) is 0 Å². The Hall–Kier alpha value is 0.947. The number of hydrogen-bond acceptors (Lipinski definition) is 0. The Morgan fingerprint density at radius 2 is 2.29 bits per heavy atom. The van der Waals surface area contributed by atoms with Gasteiger partial charge in [-0.1, -0.05) is 48.4 Å². The first-order valence-electron chi connectivity index (χ1n) is 2.87. The molecule has 0 rings (SSSR count). The van der Waals surface area contributed by atoms with Gasteiger partial charge < -0.3 is 0 Å². The van der Waals surface area contributed by atoms with Gasteiger partial charge in [-0.15, -0.1) is 0 Å². The van der Waals surface area contributed by atoms with Crippen LogP contribution in [0.25, 0.3) is 0 Å². The molecule has 0 spiro atoms. The van der Waals surface area contributed by atoms with Crippen molar-refractivity contribution in [3.63, 3.8) is 0 Å². The average Bonchev–Trinajstić information content (AvgIpc) is 1.68. The van der Waals surface area contributed by atoms with Crippen molar-refractivity contribution in [3.05, 3.63) is 0 Å². The van der Waals surface area contributed by atoms with Crippen LogP contribution in [-0.2, 0) is 0 Å². The predicted molar refractivity (Wildman–Crippen MR) is 47.1 cm³/mol. The number of hydrogen-bond donors (Lipinski definition) is 0. The van der Waals surface area contributed by atoms with Crippen LogP contribution in [-0.4, -0.2) is 13.6 Å². The third-order valence-corrected chi connectivity index (χ3v) is 4.95. The molecule has 0 aliphatic rings. The van der Waals surface area contributed by atoms with Crippen molar-refractivity contribution in [2.75, 3.05) is 4.05 Å². The van der Waals surface area contributed by atoms with Gasteiger partial charge in [-0.3, -0.25) is 0 Å². The second kappa shape index (κ2) is 5.09. The molecule has 0 aliphatic carbocycles. The monoisotopic (exact) mass is 228 g/mol. The zero-order chi connectivity index (χ0) is 5.70. The molecule has 7 heavy (non-hydrogen) atoms. The van der Waals surface area contributed by atoms with Crippen molar-refractivity contribution in [2.45, 2.75) is 25.8 Å². The molecule has 0 heterocycles. The van der Waals surface area contributed by atoms with E-state index in [1.54, 1.807) is 0 Å². The summed E-state index contributed by atoms with van der Waals surface area (Å²) in [5.74, 6) is 0. The van der Waals surface area contributed by atoms with E-state index in [-0.39, 0.29) is 0 Å². The molecule has 0 aromatic carbocycles. The van der Waals surface area contributed by atoms with Crippen LogP contribution in [0.2, 0.25) is 5.54 Å². The second-order valence-corrected chi connectivity index (χ2v) is 7.58. The molecule has 0 radical (unpaired) electrons. The molecule has 1 atom stereocenters. The van der Waals surface area contributed by atoms with Gasteiger partial charge in [-0.25, -0.2) is 0 Å². The molecule has 1 unspecified atom stereocenters. The van der Waals surface area contributed by atoms with Crippen molar-refractivity contribution in [2.24, 2.45) is 0 Å². The Balaban J connectivity index is 2.83. The molecule has 0 fully saturated rings. The first kappa shape index (κ1) is 7.95. The molecule has 0 aliphatic heterocycles. The standard InChI is InChI=1S/C5H13ISi/c1-3-5(2)7-4-6/h5H,3-4,7H2,1-2H3. The fourth-order valence-corrected chi connectivity index (χ4v) is 4.36. The van der Waals surface area contributed by atoms with E-state index >= 15 is 0 Å². The normalized spacial score (nSPS) is 15.9. The first-order valence-corrected chi connectivity index (χ1v) is 6.21. The summed E-state index contributed by atoms with van der Waals surface area (Å²) in [6.45, 7) is 4.65. The summed E-state index contributed by atoms with van der Waals surface area (Å²) in [4.78, 5) is 0. The minimum absolute atomic E-state index is 0.333. The van der Waals surface area contributed by atoms with Crippen LogP contribution in [0.15, 0.2) is 0 Å². The van der Waals surface area contributed by atoms with E-state index in [1.807, 2.05) is 0 Å².